The van der Waals surface area contributed by atoms with Crippen molar-refractivity contribution in [2.45, 2.75) is 25.8 Å². The summed E-state index contributed by atoms with van der Waals surface area (Å²) in [6, 6.07) is 14.4. The average Bonchev–Trinajstić information content (AvgIpc) is 3.08. The van der Waals surface area contributed by atoms with Gasteiger partial charge in [-0.15, -0.1) is 0 Å². The van der Waals surface area contributed by atoms with E-state index in [1.54, 1.807) is 25.0 Å². The van der Waals surface area contributed by atoms with E-state index in [0.717, 1.165) is 24.3 Å². The Morgan fingerprint density at radius 3 is 2.58 bits per heavy atom. The number of ether oxygens (including phenoxy) is 1. The second-order valence-electron chi connectivity index (χ2n) is 6.28. The highest BCUT2D eigenvalue weighted by molar-refractivity contribution is 5.97. The van der Waals surface area contributed by atoms with Crippen LogP contribution in [0.2, 0.25) is 0 Å². The van der Waals surface area contributed by atoms with Crippen molar-refractivity contribution >= 4 is 28.9 Å². The third kappa shape index (κ3) is 4.14. The van der Waals surface area contributed by atoms with Crippen LogP contribution in [-0.2, 0) is 9.59 Å². The van der Waals surface area contributed by atoms with Crippen molar-refractivity contribution in [3.63, 3.8) is 0 Å². The zero-order chi connectivity index (χ0) is 18.5. The van der Waals surface area contributed by atoms with E-state index in [-0.39, 0.29) is 11.8 Å². The van der Waals surface area contributed by atoms with Crippen molar-refractivity contribution in [2.24, 2.45) is 0 Å². The molecule has 0 unspecified atom stereocenters. The Bertz CT molecular complexity index is 789. The zero-order valence-corrected chi connectivity index (χ0v) is 15.0. The van der Waals surface area contributed by atoms with Crippen molar-refractivity contribution in [1.82, 2.24) is 0 Å². The molecule has 1 saturated heterocycles. The highest BCUT2D eigenvalue weighted by atomic mass is 16.5. The molecule has 136 valence electrons. The van der Waals surface area contributed by atoms with Gasteiger partial charge in [0.15, 0.2) is 0 Å². The van der Waals surface area contributed by atoms with Gasteiger partial charge in [0, 0.05) is 36.1 Å². The minimum absolute atomic E-state index is 0.142. The fourth-order valence-corrected chi connectivity index (χ4v) is 2.93. The minimum Gasteiger partial charge on any atom is -0.497 e. The van der Waals surface area contributed by atoms with Crippen molar-refractivity contribution < 1.29 is 14.3 Å². The number of methoxy groups -OCH3 is 1. The summed E-state index contributed by atoms with van der Waals surface area (Å²) >= 11 is 0. The molecule has 2 aromatic rings. The van der Waals surface area contributed by atoms with Crippen LogP contribution in [0.15, 0.2) is 48.5 Å². The first-order valence-corrected chi connectivity index (χ1v) is 8.69. The summed E-state index contributed by atoms with van der Waals surface area (Å²) < 4.78 is 5.16. The second kappa shape index (κ2) is 7.91. The smallest absolute Gasteiger partial charge is 0.246 e. The fourth-order valence-electron chi connectivity index (χ4n) is 2.93. The lowest BCUT2D eigenvalue weighted by molar-refractivity contribution is -0.117. The topological polar surface area (TPSA) is 70.7 Å². The summed E-state index contributed by atoms with van der Waals surface area (Å²) in [5, 5.41) is 6.04. The van der Waals surface area contributed by atoms with Crippen molar-refractivity contribution in [1.29, 1.82) is 0 Å². The van der Waals surface area contributed by atoms with E-state index in [4.69, 9.17) is 4.74 Å². The number of benzene rings is 2. The van der Waals surface area contributed by atoms with Gasteiger partial charge in [0.2, 0.25) is 11.8 Å². The Labute approximate surface area is 153 Å². The standard InChI is InChI=1S/C20H23N3O3/c1-14(20(25)22-16-5-3-6-18(13-16)26-2)21-15-8-10-17(11-9-15)23-12-4-7-19(23)24/h3,5-6,8-11,13-14,21H,4,7,12H2,1-2H3,(H,22,25)/t14-/m1/s1. The lowest BCUT2D eigenvalue weighted by Gasteiger charge is -2.18. The first-order chi connectivity index (χ1) is 12.6. The summed E-state index contributed by atoms with van der Waals surface area (Å²) in [7, 11) is 1.59. The predicted molar refractivity (Wildman–Crippen MR) is 103 cm³/mol. The van der Waals surface area contributed by atoms with E-state index in [1.807, 2.05) is 42.5 Å². The van der Waals surface area contributed by atoms with Gasteiger partial charge >= 0.3 is 0 Å². The molecule has 26 heavy (non-hydrogen) atoms. The number of amides is 2. The highest BCUT2D eigenvalue weighted by Gasteiger charge is 2.21. The number of nitrogens with zero attached hydrogens (tertiary/aromatic N) is 1. The minimum atomic E-state index is -0.416. The van der Waals surface area contributed by atoms with Crippen molar-refractivity contribution in [2.75, 3.05) is 29.2 Å². The molecule has 1 atom stereocenters. The van der Waals surface area contributed by atoms with Gasteiger partial charge in [0.25, 0.3) is 0 Å². The Hall–Kier alpha value is -3.02. The van der Waals surface area contributed by atoms with Crippen LogP contribution in [-0.4, -0.2) is 31.5 Å². The first kappa shape index (κ1) is 17.8. The molecule has 1 heterocycles. The molecule has 0 spiro atoms. The fraction of sp³-hybridized carbons (Fsp3) is 0.300. The Morgan fingerprint density at radius 2 is 1.92 bits per heavy atom. The van der Waals surface area contributed by atoms with E-state index in [2.05, 4.69) is 10.6 Å². The number of hydrogen-bond acceptors (Lipinski definition) is 4. The summed E-state index contributed by atoms with van der Waals surface area (Å²) in [6.45, 7) is 2.57. The zero-order valence-electron chi connectivity index (χ0n) is 15.0. The number of carbonyl (C=O) groups excluding carboxylic acids is 2. The van der Waals surface area contributed by atoms with Crippen LogP contribution in [0.4, 0.5) is 17.1 Å². The molecule has 6 nitrogen and oxygen atoms in total. The summed E-state index contributed by atoms with van der Waals surface area (Å²) in [4.78, 5) is 26.0. The number of anilines is 3. The van der Waals surface area contributed by atoms with Gasteiger partial charge in [-0.25, -0.2) is 0 Å². The first-order valence-electron chi connectivity index (χ1n) is 8.69. The number of rotatable bonds is 6. The molecule has 2 N–H and O–H groups in total. The van der Waals surface area contributed by atoms with Gasteiger partial charge in [-0.1, -0.05) is 6.07 Å². The molecule has 0 saturated carbocycles. The average molecular weight is 353 g/mol. The van der Waals surface area contributed by atoms with Crippen LogP contribution in [0.5, 0.6) is 5.75 Å². The molecule has 2 amide bonds. The Balaban J connectivity index is 1.59. The highest BCUT2D eigenvalue weighted by Crippen LogP contribution is 2.23. The lowest BCUT2D eigenvalue weighted by atomic mass is 10.2. The largest absolute Gasteiger partial charge is 0.497 e. The van der Waals surface area contributed by atoms with Crippen LogP contribution >= 0.6 is 0 Å². The normalized spacial score (nSPS) is 14.8. The van der Waals surface area contributed by atoms with Crippen molar-refractivity contribution in [3.8, 4) is 5.75 Å². The van der Waals surface area contributed by atoms with Crippen molar-refractivity contribution in [3.05, 3.63) is 48.5 Å². The second-order valence-corrected chi connectivity index (χ2v) is 6.28. The number of nitrogens with one attached hydrogen (secondary N) is 2. The molecule has 0 aliphatic carbocycles. The Morgan fingerprint density at radius 1 is 1.15 bits per heavy atom. The van der Waals surface area contributed by atoms with Gasteiger partial charge in [-0.2, -0.15) is 0 Å². The van der Waals surface area contributed by atoms with Gasteiger partial charge < -0.3 is 20.3 Å². The lowest BCUT2D eigenvalue weighted by Crippen LogP contribution is -2.31. The Kier molecular flexibility index (Phi) is 5.41. The molecule has 1 aliphatic rings. The van der Waals surface area contributed by atoms with Crippen LogP contribution < -0.4 is 20.3 Å². The van der Waals surface area contributed by atoms with Crippen LogP contribution in [0.3, 0.4) is 0 Å². The molecule has 2 aromatic carbocycles. The summed E-state index contributed by atoms with van der Waals surface area (Å²) in [5.74, 6) is 0.712. The van der Waals surface area contributed by atoms with Crippen LogP contribution in [0.25, 0.3) is 0 Å². The van der Waals surface area contributed by atoms with E-state index in [9.17, 15) is 9.59 Å². The van der Waals surface area contributed by atoms with E-state index < -0.39 is 6.04 Å². The summed E-state index contributed by atoms with van der Waals surface area (Å²) in [6.07, 6.45) is 1.52. The molecular weight excluding hydrogens is 330 g/mol. The van der Waals surface area contributed by atoms with Gasteiger partial charge in [-0.05, 0) is 49.7 Å². The maximum absolute atomic E-state index is 12.4. The molecule has 6 heteroatoms. The maximum atomic E-state index is 12.4. The monoisotopic (exact) mass is 353 g/mol. The van der Waals surface area contributed by atoms with Crippen LogP contribution in [0, 0.1) is 0 Å². The van der Waals surface area contributed by atoms with Gasteiger partial charge in [0.1, 0.15) is 11.8 Å². The molecule has 3 rings (SSSR count). The van der Waals surface area contributed by atoms with E-state index >= 15 is 0 Å². The number of carbonyl (C=O) groups is 2. The third-order valence-electron chi connectivity index (χ3n) is 4.37. The molecule has 0 radical (unpaired) electrons. The molecule has 0 aromatic heterocycles. The van der Waals surface area contributed by atoms with Crippen LogP contribution in [0.1, 0.15) is 19.8 Å². The van der Waals surface area contributed by atoms with Gasteiger partial charge in [-0.3, -0.25) is 9.59 Å². The SMILES string of the molecule is COc1cccc(NC(=O)[C@@H](C)Nc2ccc(N3CCCC3=O)cc2)c1. The number of hydrogen-bond donors (Lipinski definition) is 2. The predicted octanol–water partition coefficient (Wildman–Crippen LogP) is 3.26. The molecule has 0 bridgehead atoms. The van der Waals surface area contributed by atoms with E-state index in [1.165, 1.54) is 0 Å². The molecular formula is C20H23N3O3. The quantitative estimate of drug-likeness (QED) is 0.836. The van der Waals surface area contributed by atoms with Gasteiger partial charge in [0.05, 0.1) is 7.11 Å². The molecule has 1 fully saturated rings. The maximum Gasteiger partial charge on any atom is 0.246 e. The molecule has 1 aliphatic heterocycles. The third-order valence-corrected chi connectivity index (χ3v) is 4.37. The van der Waals surface area contributed by atoms with E-state index in [0.29, 0.717) is 17.9 Å². The summed E-state index contributed by atoms with van der Waals surface area (Å²) in [5.41, 5.74) is 2.41.